The fraction of sp³-hybridized carbons (Fsp3) is 0.333. The lowest BCUT2D eigenvalue weighted by Crippen LogP contribution is -2.33. The number of fused-ring (bicyclic) bond motifs is 1. The van der Waals surface area contributed by atoms with Crippen molar-refractivity contribution in [3.63, 3.8) is 0 Å². The quantitative estimate of drug-likeness (QED) is 0.647. The van der Waals surface area contributed by atoms with E-state index in [9.17, 15) is 4.79 Å². The van der Waals surface area contributed by atoms with Crippen LogP contribution in [0.15, 0.2) is 18.3 Å². The maximum Gasteiger partial charge on any atom is 0.322 e. The van der Waals surface area contributed by atoms with Crippen molar-refractivity contribution < 1.29 is 9.53 Å². The minimum atomic E-state index is -0.679. The maximum atomic E-state index is 11.3. The molecule has 0 saturated carbocycles. The number of nitrogens with two attached hydrogens (primary N) is 1. The molecule has 1 unspecified atom stereocenters. The summed E-state index contributed by atoms with van der Waals surface area (Å²) in [4.78, 5) is 11.3. The molecule has 0 aliphatic rings. The van der Waals surface area contributed by atoms with Crippen molar-refractivity contribution in [2.75, 3.05) is 7.11 Å². The van der Waals surface area contributed by atoms with Crippen LogP contribution in [-0.2, 0) is 21.8 Å². The van der Waals surface area contributed by atoms with Crippen molar-refractivity contribution in [3.8, 4) is 0 Å². The number of hydrogen-bond donors (Lipinski definition) is 2. The number of aromatic nitrogens is 2. The van der Waals surface area contributed by atoms with Gasteiger partial charge in [0.25, 0.3) is 0 Å². The van der Waals surface area contributed by atoms with Gasteiger partial charge in [0, 0.05) is 11.3 Å². The van der Waals surface area contributed by atoms with Crippen LogP contribution in [0.1, 0.15) is 11.1 Å². The van der Waals surface area contributed by atoms with Gasteiger partial charge in [0.2, 0.25) is 0 Å². The van der Waals surface area contributed by atoms with E-state index >= 15 is 0 Å². The number of alkyl halides is 1. The molecule has 1 atom stereocenters. The number of aromatic amines is 1. The van der Waals surface area contributed by atoms with Gasteiger partial charge in [-0.25, -0.2) is 0 Å². The summed E-state index contributed by atoms with van der Waals surface area (Å²) in [5, 5.41) is 7.81. The first-order valence-corrected chi connectivity index (χ1v) is 6.04. The maximum absolute atomic E-state index is 11.3. The van der Waals surface area contributed by atoms with Gasteiger partial charge in [0.1, 0.15) is 6.04 Å². The van der Waals surface area contributed by atoms with Gasteiger partial charge in [0.15, 0.2) is 0 Å². The van der Waals surface area contributed by atoms with Crippen molar-refractivity contribution in [1.82, 2.24) is 10.2 Å². The first-order valence-electron chi connectivity index (χ1n) is 5.50. The molecule has 96 valence electrons. The molecule has 0 spiro atoms. The lowest BCUT2D eigenvalue weighted by molar-refractivity contribution is -0.142. The lowest BCUT2D eigenvalue weighted by atomic mass is 9.99. The number of nitrogens with one attached hydrogen (secondary N) is 1. The second-order valence-electron chi connectivity index (χ2n) is 4.00. The summed E-state index contributed by atoms with van der Waals surface area (Å²) < 4.78 is 4.61. The van der Waals surface area contributed by atoms with E-state index in [-0.39, 0.29) is 0 Å². The molecule has 0 aliphatic heterocycles. The summed E-state index contributed by atoms with van der Waals surface area (Å²) in [5.41, 5.74) is 8.57. The third-order valence-corrected chi connectivity index (χ3v) is 3.18. The van der Waals surface area contributed by atoms with Gasteiger partial charge in [-0.1, -0.05) is 6.07 Å². The van der Waals surface area contributed by atoms with Crippen LogP contribution >= 0.6 is 11.6 Å². The molecule has 1 heterocycles. The van der Waals surface area contributed by atoms with E-state index in [1.54, 1.807) is 6.20 Å². The number of hydrogen-bond acceptors (Lipinski definition) is 4. The van der Waals surface area contributed by atoms with Gasteiger partial charge < -0.3 is 10.5 Å². The molecule has 3 N–H and O–H groups in total. The Hall–Kier alpha value is -1.59. The van der Waals surface area contributed by atoms with Crippen LogP contribution in [0, 0.1) is 0 Å². The summed E-state index contributed by atoms with van der Waals surface area (Å²) in [5.74, 6) is -0.0806. The Labute approximate surface area is 109 Å². The van der Waals surface area contributed by atoms with Gasteiger partial charge in [-0.3, -0.25) is 9.89 Å². The smallest absolute Gasteiger partial charge is 0.322 e. The molecule has 6 heteroatoms. The summed E-state index contributed by atoms with van der Waals surface area (Å²) >= 11 is 5.97. The van der Waals surface area contributed by atoms with Crippen molar-refractivity contribution in [2.24, 2.45) is 5.73 Å². The van der Waals surface area contributed by atoms with E-state index in [1.165, 1.54) is 7.11 Å². The van der Waals surface area contributed by atoms with Crippen LogP contribution in [0.3, 0.4) is 0 Å². The number of H-pyrrole nitrogens is 1. The zero-order chi connectivity index (χ0) is 13.1. The van der Waals surface area contributed by atoms with Crippen LogP contribution in [0.25, 0.3) is 10.9 Å². The standard InChI is InChI=1S/C12H14ClN3O2/c1-18-12(17)10(14)4-7-2-3-11-9(6-15-16-11)8(7)5-13/h2-3,6,10H,4-5,14H2,1H3,(H,15,16). The summed E-state index contributed by atoms with van der Waals surface area (Å²) in [6.07, 6.45) is 2.12. The monoisotopic (exact) mass is 267 g/mol. The average molecular weight is 268 g/mol. The minimum Gasteiger partial charge on any atom is -0.468 e. The molecule has 0 amide bonds. The molecule has 2 aromatic rings. The lowest BCUT2D eigenvalue weighted by Gasteiger charge is -2.12. The van der Waals surface area contributed by atoms with Gasteiger partial charge in [-0.2, -0.15) is 5.10 Å². The van der Waals surface area contributed by atoms with Gasteiger partial charge in [-0.05, 0) is 23.6 Å². The minimum absolute atomic E-state index is 0.347. The molecule has 1 aromatic heterocycles. The molecule has 0 radical (unpaired) electrons. The Kier molecular flexibility index (Phi) is 3.84. The van der Waals surface area contributed by atoms with Crippen LogP contribution in [0.2, 0.25) is 0 Å². The van der Waals surface area contributed by atoms with Crippen LogP contribution in [-0.4, -0.2) is 29.3 Å². The van der Waals surface area contributed by atoms with E-state index in [0.717, 1.165) is 22.0 Å². The predicted molar refractivity (Wildman–Crippen MR) is 69.3 cm³/mol. The van der Waals surface area contributed by atoms with E-state index in [0.29, 0.717) is 12.3 Å². The molecule has 0 fully saturated rings. The fourth-order valence-corrected chi connectivity index (χ4v) is 2.26. The van der Waals surface area contributed by atoms with Crippen molar-refractivity contribution >= 4 is 28.5 Å². The molecular weight excluding hydrogens is 254 g/mol. The third-order valence-electron chi connectivity index (χ3n) is 2.91. The highest BCUT2D eigenvalue weighted by molar-refractivity contribution is 6.18. The number of ether oxygens (including phenoxy) is 1. The van der Waals surface area contributed by atoms with Crippen molar-refractivity contribution in [2.45, 2.75) is 18.3 Å². The summed E-state index contributed by atoms with van der Waals surface area (Å²) in [6.45, 7) is 0. The Morgan fingerprint density at radius 2 is 2.39 bits per heavy atom. The zero-order valence-corrected chi connectivity index (χ0v) is 10.7. The molecule has 5 nitrogen and oxygen atoms in total. The second kappa shape index (κ2) is 5.37. The highest BCUT2D eigenvalue weighted by Crippen LogP contribution is 2.23. The number of benzene rings is 1. The van der Waals surface area contributed by atoms with Gasteiger partial charge in [-0.15, -0.1) is 11.6 Å². The Balaban J connectivity index is 2.35. The largest absolute Gasteiger partial charge is 0.468 e. The second-order valence-corrected chi connectivity index (χ2v) is 4.27. The van der Waals surface area contributed by atoms with Gasteiger partial charge >= 0.3 is 5.97 Å². The molecular formula is C12H14ClN3O2. The highest BCUT2D eigenvalue weighted by atomic mass is 35.5. The van der Waals surface area contributed by atoms with Crippen LogP contribution < -0.4 is 5.73 Å². The molecule has 1 aromatic carbocycles. The average Bonchev–Trinajstić information content (AvgIpc) is 2.85. The number of halogens is 1. The van der Waals surface area contributed by atoms with E-state index in [2.05, 4.69) is 14.9 Å². The number of esters is 1. The molecule has 18 heavy (non-hydrogen) atoms. The number of carbonyl (C=O) groups excluding carboxylic acids is 1. The summed E-state index contributed by atoms with van der Waals surface area (Å²) in [7, 11) is 1.32. The van der Waals surface area contributed by atoms with Gasteiger partial charge in [0.05, 0.1) is 18.8 Å². The topological polar surface area (TPSA) is 81.0 Å². The SMILES string of the molecule is COC(=O)C(N)Cc1ccc2[nH]ncc2c1CCl. The summed E-state index contributed by atoms with van der Waals surface area (Å²) in [6, 6.07) is 3.12. The Morgan fingerprint density at radius 1 is 1.61 bits per heavy atom. The highest BCUT2D eigenvalue weighted by Gasteiger charge is 2.17. The number of nitrogens with zero attached hydrogens (tertiary/aromatic N) is 1. The first kappa shape index (κ1) is 12.9. The van der Waals surface area contributed by atoms with Crippen LogP contribution in [0.5, 0.6) is 0 Å². The van der Waals surface area contributed by atoms with Crippen molar-refractivity contribution in [1.29, 1.82) is 0 Å². The fourth-order valence-electron chi connectivity index (χ4n) is 1.94. The van der Waals surface area contributed by atoms with E-state index < -0.39 is 12.0 Å². The van der Waals surface area contributed by atoms with Crippen LogP contribution in [0.4, 0.5) is 0 Å². The molecule has 0 saturated heterocycles. The Bertz CT molecular complexity index is 567. The molecule has 2 rings (SSSR count). The molecule has 0 bridgehead atoms. The number of methoxy groups -OCH3 is 1. The Morgan fingerprint density at radius 3 is 3.06 bits per heavy atom. The van der Waals surface area contributed by atoms with Crippen molar-refractivity contribution in [3.05, 3.63) is 29.5 Å². The first-order chi connectivity index (χ1) is 8.67. The van der Waals surface area contributed by atoms with E-state index in [4.69, 9.17) is 17.3 Å². The van der Waals surface area contributed by atoms with E-state index in [1.807, 2.05) is 12.1 Å². The predicted octanol–water partition coefficient (Wildman–Crippen LogP) is 1.34. The normalized spacial score (nSPS) is 12.6. The molecule has 0 aliphatic carbocycles. The number of carbonyl (C=O) groups is 1. The third kappa shape index (κ3) is 2.32. The number of rotatable bonds is 4. The zero-order valence-electron chi connectivity index (χ0n) is 9.94.